The molecule has 120 valence electrons. The molecular formula is C15H20ClN3O3. The first-order valence-corrected chi connectivity index (χ1v) is 7.90. The van der Waals surface area contributed by atoms with Crippen LogP contribution in [-0.2, 0) is 14.9 Å². The standard InChI is InChI=1S/C15H20ClN3O3/c1-15(2)7-9(14(21)22-3)19-10(15)11(16)18-12(13(19)20)17-8-5-4-6-8/h8-9H,4-7H2,1-3H3,(H,17,18)/t9-/m0/s1. The first-order valence-electron chi connectivity index (χ1n) is 7.52. The summed E-state index contributed by atoms with van der Waals surface area (Å²) in [5.74, 6) is -0.198. The van der Waals surface area contributed by atoms with E-state index in [9.17, 15) is 9.59 Å². The van der Waals surface area contributed by atoms with Crippen LogP contribution in [0.2, 0.25) is 5.15 Å². The van der Waals surface area contributed by atoms with Crippen molar-refractivity contribution in [3.05, 3.63) is 21.2 Å². The van der Waals surface area contributed by atoms with E-state index in [1.54, 1.807) is 0 Å². The molecule has 1 fully saturated rings. The number of carbonyl (C=O) groups excluding carboxylic acids is 1. The average Bonchev–Trinajstić information content (AvgIpc) is 2.70. The number of carbonyl (C=O) groups is 1. The molecule has 1 N–H and O–H groups in total. The van der Waals surface area contributed by atoms with Crippen LogP contribution in [0.1, 0.15) is 51.3 Å². The molecule has 0 radical (unpaired) electrons. The van der Waals surface area contributed by atoms with Crippen LogP contribution in [0.15, 0.2) is 4.79 Å². The zero-order chi connectivity index (χ0) is 16.1. The largest absolute Gasteiger partial charge is 0.467 e. The SMILES string of the molecule is COC(=O)[C@@H]1CC(C)(C)c2c(Cl)nc(NC3CCC3)c(=O)n21. The molecule has 1 aromatic rings. The molecule has 7 heteroatoms. The molecule has 6 nitrogen and oxygen atoms in total. The molecule has 1 aromatic heterocycles. The Kier molecular flexibility index (Phi) is 3.67. The first kappa shape index (κ1) is 15.3. The van der Waals surface area contributed by atoms with Crippen molar-refractivity contribution in [2.45, 2.75) is 57.0 Å². The lowest BCUT2D eigenvalue weighted by molar-refractivity contribution is -0.144. The van der Waals surface area contributed by atoms with Crippen molar-refractivity contribution in [1.29, 1.82) is 0 Å². The van der Waals surface area contributed by atoms with Gasteiger partial charge in [-0.05, 0) is 25.7 Å². The summed E-state index contributed by atoms with van der Waals surface area (Å²) in [6, 6.07) is -0.383. The van der Waals surface area contributed by atoms with Crippen LogP contribution in [0, 0.1) is 0 Å². The van der Waals surface area contributed by atoms with E-state index in [4.69, 9.17) is 16.3 Å². The highest BCUT2D eigenvalue weighted by molar-refractivity contribution is 6.30. The Hall–Kier alpha value is -1.56. The van der Waals surface area contributed by atoms with Crippen molar-refractivity contribution in [2.75, 3.05) is 12.4 Å². The minimum atomic E-state index is -0.648. The second-order valence-corrected chi connectivity index (χ2v) is 7.03. The minimum absolute atomic E-state index is 0.227. The van der Waals surface area contributed by atoms with Crippen molar-refractivity contribution in [3.8, 4) is 0 Å². The highest BCUT2D eigenvalue weighted by Crippen LogP contribution is 2.43. The van der Waals surface area contributed by atoms with Crippen molar-refractivity contribution >= 4 is 23.4 Å². The van der Waals surface area contributed by atoms with Gasteiger partial charge in [-0.15, -0.1) is 0 Å². The van der Waals surface area contributed by atoms with E-state index in [-0.39, 0.29) is 22.6 Å². The third kappa shape index (κ3) is 2.29. The lowest BCUT2D eigenvalue weighted by atomic mass is 9.87. The number of nitrogens with one attached hydrogen (secondary N) is 1. The summed E-state index contributed by atoms with van der Waals surface area (Å²) in [7, 11) is 1.33. The van der Waals surface area contributed by atoms with Crippen LogP contribution in [0.25, 0.3) is 0 Å². The van der Waals surface area contributed by atoms with Crippen LogP contribution >= 0.6 is 11.6 Å². The summed E-state index contributed by atoms with van der Waals surface area (Å²) in [5, 5.41) is 3.42. The van der Waals surface area contributed by atoms with Gasteiger partial charge in [0.15, 0.2) is 11.0 Å². The van der Waals surface area contributed by atoms with Crippen LogP contribution < -0.4 is 10.9 Å². The topological polar surface area (TPSA) is 73.2 Å². The maximum absolute atomic E-state index is 12.8. The summed E-state index contributed by atoms with van der Waals surface area (Å²) >= 11 is 6.33. The van der Waals surface area contributed by atoms with Crippen molar-refractivity contribution in [1.82, 2.24) is 9.55 Å². The Labute approximate surface area is 133 Å². The van der Waals surface area contributed by atoms with E-state index >= 15 is 0 Å². The zero-order valence-corrected chi connectivity index (χ0v) is 13.7. The average molecular weight is 326 g/mol. The molecule has 0 spiro atoms. The lowest BCUT2D eigenvalue weighted by Gasteiger charge is -2.27. The molecule has 0 aromatic carbocycles. The Morgan fingerprint density at radius 2 is 2.14 bits per heavy atom. The zero-order valence-electron chi connectivity index (χ0n) is 13.0. The molecule has 22 heavy (non-hydrogen) atoms. The highest BCUT2D eigenvalue weighted by atomic mass is 35.5. The molecule has 1 aliphatic heterocycles. The number of rotatable bonds is 3. The monoisotopic (exact) mass is 325 g/mol. The first-order chi connectivity index (χ1) is 10.3. The molecular weight excluding hydrogens is 306 g/mol. The Bertz CT molecular complexity index is 679. The van der Waals surface area contributed by atoms with Gasteiger partial charge in [-0.2, -0.15) is 0 Å². The van der Waals surface area contributed by atoms with Gasteiger partial charge >= 0.3 is 5.97 Å². The molecule has 2 aliphatic rings. The minimum Gasteiger partial charge on any atom is -0.467 e. The number of methoxy groups -OCH3 is 1. The number of hydrogen-bond donors (Lipinski definition) is 1. The number of esters is 1. The predicted molar refractivity (Wildman–Crippen MR) is 83.5 cm³/mol. The number of ether oxygens (including phenoxy) is 1. The molecule has 0 saturated heterocycles. The highest BCUT2D eigenvalue weighted by Gasteiger charge is 2.44. The number of nitrogens with zero attached hydrogens (tertiary/aromatic N) is 2. The van der Waals surface area contributed by atoms with Gasteiger partial charge in [0, 0.05) is 11.5 Å². The quantitative estimate of drug-likeness (QED) is 0.863. The smallest absolute Gasteiger partial charge is 0.329 e. The second kappa shape index (κ2) is 5.26. The maximum atomic E-state index is 12.8. The third-order valence-electron chi connectivity index (χ3n) is 4.64. The van der Waals surface area contributed by atoms with Gasteiger partial charge in [0.1, 0.15) is 6.04 Å². The summed E-state index contributed by atoms with van der Waals surface area (Å²) < 4.78 is 6.31. The van der Waals surface area contributed by atoms with Crippen LogP contribution in [0.4, 0.5) is 5.82 Å². The Morgan fingerprint density at radius 3 is 2.68 bits per heavy atom. The molecule has 1 aliphatic carbocycles. The molecule has 3 rings (SSSR count). The molecule has 2 heterocycles. The molecule has 0 bridgehead atoms. The van der Waals surface area contributed by atoms with E-state index in [1.807, 2.05) is 13.8 Å². The fourth-order valence-electron chi connectivity index (χ4n) is 3.25. The van der Waals surface area contributed by atoms with Gasteiger partial charge in [0.25, 0.3) is 5.56 Å². The van der Waals surface area contributed by atoms with Crippen molar-refractivity contribution in [2.24, 2.45) is 0 Å². The Balaban J connectivity index is 2.12. The van der Waals surface area contributed by atoms with Gasteiger partial charge in [0.05, 0.1) is 12.8 Å². The van der Waals surface area contributed by atoms with E-state index in [0.717, 1.165) is 19.3 Å². The van der Waals surface area contributed by atoms with E-state index in [2.05, 4.69) is 10.3 Å². The lowest BCUT2D eigenvalue weighted by Crippen LogP contribution is -2.36. The van der Waals surface area contributed by atoms with Gasteiger partial charge in [-0.3, -0.25) is 9.36 Å². The fourth-order valence-corrected chi connectivity index (χ4v) is 3.68. The molecule has 1 saturated carbocycles. The number of fused-ring (bicyclic) bond motifs is 1. The number of anilines is 1. The van der Waals surface area contributed by atoms with Gasteiger partial charge in [-0.25, -0.2) is 9.78 Å². The Morgan fingerprint density at radius 1 is 1.45 bits per heavy atom. The van der Waals surface area contributed by atoms with E-state index in [1.165, 1.54) is 11.7 Å². The van der Waals surface area contributed by atoms with E-state index < -0.39 is 17.4 Å². The predicted octanol–water partition coefficient (Wildman–Crippen LogP) is 2.26. The third-order valence-corrected chi connectivity index (χ3v) is 4.91. The normalized spacial score (nSPS) is 22.8. The molecule has 0 unspecified atom stereocenters. The summed E-state index contributed by atoms with van der Waals surface area (Å²) in [6.07, 6.45) is 3.66. The summed E-state index contributed by atoms with van der Waals surface area (Å²) in [6.45, 7) is 3.90. The molecule has 1 atom stereocenters. The fraction of sp³-hybridized carbons (Fsp3) is 0.667. The van der Waals surface area contributed by atoms with E-state index in [0.29, 0.717) is 12.1 Å². The summed E-state index contributed by atoms with van der Waals surface area (Å²) in [4.78, 5) is 29.1. The van der Waals surface area contributed by atoms with Crippen molar-refractivity contribution < 1.29 is 9.53 Å². The van der Waals surface area contributed by atoms with Gasteiger partial charge in [-0.1, -0.05) is 25.4 Å². The maximum Gasteiger partial charge on any atom is 0.329 e. The van der Waals surface area contributed by atoms with Crippen LogP contribution in [-0.4, -0.2) is 28.7 Å². The van der Waals surface area contributed by atoms with Crippen molar-refractivity contribution in [3.63, 3.8) is 0 Å². The van der Waals surface area contributed by atoms with Crippen LogP contribution in [0.5, 0.6) is 0 Å². The number of halogens is 1. The second-order valence-electron chi connectivity index (χ2n) is 6.67. The van der Waals surface area contributed by atoms with Gasteiger partial charge in [0.2, 0.25) is 0 Å². The number of aromatic nitrogens is 2. The number of hydrogen-bond acceptors (Lipinski definition) is 5. The van der Waals surface area contributed by atoms with Crippen LogP contribution in [0.3, 0.4) is 0 Å². The summed E-state index contributed by atoms with van der Waals surface area (Å²) in [5.41, 5.74) is -0.0992. The van der Waals surface area contributed by atoms with Gasteiger partial charge < -0.3 is 10.1 Å². The molecule has 0 amide bonds.